The molecule has 1 fully saturated rings. The van der Waals surface area contributed by atoms with E-state index >= 15 is 0 Å². The summed E-state index contributed by atoms with van der Waals surface area (Å²) in [5.41, 5.74) is 1.94. The van der Waals surface area contributed by atoms with Crippen LogP contribution < -0.4 is 0 Å². The van der Waals surface area contributed by atoms with Gasteiger partial charge in [0, 0.05) is 26.2 Å². The van der Waals surface area contributed by atoms with Crippen LogP contribution in [0.1, 0.15) is 23.0 Å². The van der Waals surface area contributed by atoms with E-state index in [9.17, 15) is 9.18 Å². The van der Waals surface area contributed by atoms with E-state index in [0.29, 0.717) is 11.3 Å². The molecule has 1 aliphatic rings. The minimum absolute atomic E-state index is 0.000839. The minimum atomic E-state index is -0.319. The quantitative estimate of drug-likeness (QED) is 0.871. The maximum absolute atomic E-state index is 13.4. The van der Waals surface area contributed by atoms with E-state index in [0.717, 1.165) is 38.4 Å². The van der Waals surface area contributed by atoms with Crippen LogP contribution in [0.15, 0.2) is 30.5 Å². The van der Waals surface area contributed by atoms with Crippen molar-refractivity contribution < 1.29 is 9.18 Å². The fourth-order valence-electron chi connectivity index (χ4n) is 2.93. The zero-order valence-electron chi connectivity index (χ0n) is 13.5. The van der Waals surface area contributed by atoms with E-state index in [-0.39, 0.29) is 11.7 Å². The van der Waals surface area contributed by atoms with E-state index in [1.807, 2.05) is 11.8 Å². The lowest BCUT2D eigenvalue weighted by atomic mass is 10.2. The molecule has 5 nitrogen and oxygen atoms in total. The Morgan fingerprint density at radius 1 is 1.26 bits per heavy atom. The Morgan fingerprint density at radius 3 is 2.65 bits per heavy atom. The molecule has 23 heavy (non-hydrogen) atoms. The lowest BCUT2D eigenvalue weighted by molar-refractivity contribution is 0.0642. The third-order valence-electron chi connectivity index (χ3n) is 4.40. The van der Waals surface area contributed by atoms with Gasteiger partial charge < -0.3 is 9.80 Å². The summed E-state index contributed by atoms with van der Waals surface area (Å²) in [4.78, 5) is 16.9. The van der Waals surface area contributed by atoms with Gasteiger partial charge in [0.05, 0.1) is 23.1 Å². The molecule has 1 saturated heterocycles. The molecule has 0 atom stereocenters. The van der Waals surface area contributed by atoms with Crippen LogP contribution in [0.2, 0.25) is 0 Å². The number of piperazine rings is 1. The number of benzene rings is 1. The predicted octanol–water partition coefficient (Wildman–Crippen LogP) is 2.10. The second-order valence-corrected chi connectivity index (χ2v) is 5.76. The number of halogens is 1. The molecule has 122 valence electrons. The van der Waals surface area contributed by atoms with Crippen LogP contribution in [-0.4, -0.2) is 58.2 Å². The second kappa shape index (κ2) is 6.50. The number of nitrogens with zero attached hydrogens (tertiary/aromatic N) is 4. The molecule has 6 heteroatoms. The first-order chi connectivity index (χ1) is 11.1. The molecule has 0 aliphatic carbocycles. The SMILES string of the molecule is CCN1CCN(C(=O)c2cnn(-c3cccc(F)c3)c2C)CC1. The molecule has 1 aromatic heterocycles. The van der Waals surface area contributed by atoms with Gasteiger partial charge in [0.1, 0.15) is 5.82 Å². The molecule has 0 bridgehead atoms. The lowest BCUT2D eigenvalue weighted by Gasteiger charge is -2.34. The van der Waals surface area contributed by atoms with E-state index < -0.39 is 0 Å². The summed E-state index contributed by atoms with van der Waals surface area (Å²) in [6.07, 6.45) is 1.58. The highest BCUT2D eigenvalue weighted by Crippen LogP contribution is 2.17. The highest BCUT2D eigenvalue weighted by atomic mass is 19.1. The van der Waals surface area contributed by atoms with Gasteiger partial charge in [-0.15, -0.1) is 0 Å². The van der Waals surface area contributed by atoms with E-state index in [4.69, 9.17) is 0 Å². The van der Waals surface area contributed by atoms with Crippen molar-refractivity contribution in [3.8, 4) is 5.69 Å². The highest BCUT2D eigenvalue weighted by Gasteiger charge is 2.24. The molecule has 2 heterocycles. The van der Waals surface area contributed by atoms with Crippen molar-refractivity contribution in [2.75, 3.05) is 32.7 Å². The highest BCUT2D eigenvalue weighted by molar-refractivity contribution is 5.95. The third-order valence-corrected chi connectivity index (χ3v) is 4.40. The standard InChI is InChI=1S/C17H21FN4O/c1-3-20-7-9-21(10-8-20)17(23)16-12-19-22(13(16)2)15-6-4-5-14(18)11-15/h4-6,11-12H,3,7-10H2,1-2H3. The molecular weight excluding hydrogens is 295 g/mol. The van der Waals surface area contributed by atoms with E-state index in [2.05, 4.69) is 16.9 Å². The predicted molar refractivity (Wildman–Crippen MR) is 86.3 cm³/mol. The Morgan fingerprint density at radius 2 is 2.00 bits per heavy atom. The van der Waals surface area contributed by atoms with Crippen LogP contribution in [-0.2, 0) is 0 Å². The van der Waals surface area contributed by atoms with Crippen molar-refractivity contribution >= 4 is 5.91 Å². The lowest BCUT2D eigenvalue weighted by Crippen LogP contribution is -2.48. The zero-order valence-corrected chi connectivity index (χ0v) is 13.5. The molecular formula is C17H21FN4O. The van der Waals surface area contributed by atoms with Gasteiger partial charge in [-0.1, -0.05) is 13.0 Å². The third kappa shape index (κ3) is 3.12. The molecule has 0 spiro atoms. The van der Waals surface area contributed by atoms with Crippen molar-refractivity contribution in [1.82, 2.24) is 19.6 Å². The van der Waals surface area contributed by atoms with Crippen LogP contribution in [0, 0.1) is 12.7 Å². The summed E-state index contributed by atoms with van der Waals surface area (Å²) in [5.74, 6) is -0.318. The number of carbonyl (C=O) groups is 1. The Kier molecular flexibility index (Phi) is 4.43. The second-order valence-electron chi connectivity index (χ2n) is 5.76. The Hall–Kier alpha value is -2.21. The number of amides is 1. The molecule has 0 unspecified atom stereocenters. The number of hydrogen-bond donors (Lipinski definition) is 0. The van der Waals surface area contributed by atoms with Gasteiger partial charge in [-0.2, -0.15) is 5.10 Å². The maximum atomic E-state index is 13.4. The van der Waals surface area contributed by atoms with Gasteiger partial charge in [0.25, 0.3) is 5.91 Å². The van der Waals surface area contributed by atoms with Gasteiger partial charge in [0.2, 0.25) is 0 Å². The summed E-state index contributed by atoms with van der Waals surface area (Å²) in [5, 5.41) is 4.27. The fraction of sp³-hybridized carbons (Fsp3) is 0.412. The Labute approximate surface area is 135 Å². The van der Waals surface area contributed by atoms with Crippen LogP contribution in [0.5, 0.6) is 0 Å². The molecule has 3 rings (SSSR count). The summed E-state index contributed by atoms with van der Waals surface area (Å²) >= 11 is 0. The van der Waals surface area contributed by atoms with Gasteiger partial charge in [-0.3, -0.25) is 4.79 Å². The molecule has 1 aliphatic heterocycles. The van der Waals surface area contributed by atoms with Gasteiger partial charge in [0.15, 0.2) is 0 Å². The first-order valence-electron chi connectivity index (χ1n) is 7.92. The largest absolute Gasteiger partial charge is 0.336 e. The number of carbonyl (C=O) groups excluding carboxylic acids is 1. The topological polar surface area (TPSA) is 41.4 Å². The van der Waals surface area contributed by atoms with Crippen molar-refractivity contribution in [2.24, 2.45) is 0 Å². The molecule has 2 aromatic rings. The van der Waals surface area contributed by atoms with Crippen molar-refractivity contribution in [2.45, 2.75) is 13.8 Å². The first kappa shape index (κ1) is 15.7. The summed E-state index contributed by atoms with van der Waals surface area (Å²) in [6.45, 7) is 8.25. The molecule has 0 N–H and O–H groups in total. The van der Waals surface area contributed by atoms with E-state index in [1.165, 1.54) is 12.1 Å². The maximum Gasteiger partial charge on any atom is 0.257 e. The number of rotatable bonds is 3. The number of likely N-dealkylation sites (N-methyl/N-ethyl adjacent to an activating group) is 1. The van der Waals surface area contributed by atoms with Crippen LogP contribution >= 0.6 is 0 Å². The average Bonchev–Trinajstić information content (AvgIpc) is 2.96. The van der Waals surface area contributed by atoms with Gasteiger partial charge >= 0.3 is 0 Å². The summed E-state index contributed by atoms with van der Waals surface area (Å²) < 4.78 is 15.0. The van der Waals surface area contributed by atoms with E-state index in [1.54, 1.807) is 23.0 Å². The fourth-order valence-corrected chi connectivity index (χ4v) is 2.93. The van der Waals surface area contributed by atoms with Gasteiger partial charge in [-0.25, -0.2) is 9.07 Å². The summed E-state index contributed by atoms with van der Waals surface area (Å²) in [6, 6.07) is 6.21. The average molecular weight is 316 g/mol. The van der Waals surface area contributed by atoms with Crippen molar-refractivity contribution in [1.29, 1.82) is 0 Å². The summed E-state index contributed by atoms with van der Waals surface area (Å²) in [7, 11) is 0. The van der Waals surface area contributed by atoms with Crippen LogP contribution in [0.4, 0.5) is 4.39 Å². The number of hydrogen-bond acceptors (Lipinski definition) is 3. The number of aromatic nitrogens is 2. The molecule has 1 amide bonds. The van der Waals surface area contributed by atoms with Gasteiger partial charge in [-0.05, 0) is 31.7 Å². The Balaban J connectivity index is 1.80. The van der Waals surface area contributed by atoms with Crippen molar-refractivity contribution in [3.63, 3.8) is 0 Å². The van der Waals surface area contributed by atoms with Crippen LogP contribution in [0.3, 0.4) is 0 Å². The van der Waals surface area contributed by atoms with Crippen molar-refractivity contribution in [3.05, 3.63) is 47.5 Å². The zero-order chi connectivity index (χ0) is 16.4. The smallest absolute Gasteiger partial charge is 0.257 e. The first-order valence-corrected chi connectivity index (χ1v) is 7.92. The molecule has 1 aromatic carbocycles. The molecule has 0 radical (unpaired) electrons. The van der Waals surface area contributed by atoms with Crippen LogP contribution in [0.25, 0.3) is 5.69 Å². The molecule has 0 saturated carbocycles. The monoisotopic (exact) mass is 316 g/mol. The normalized spacial score (nSPS) is 15.9. The minimum Gasteiger partial charge on any atom is -0.336 e. The Bertz CT molecular complexity index is 704.